The van der Waals surface area contributed by atoms with Gasteiger partial charge in [-0.05, 0) is 13.3 Å². The summed E-state index contributed by atoms with van der Waals surface area (Å²) in [5.74, 6) is 0. The van der Waals surface area contributed by atoms with Gasteiger partial charge in [0.05, 0.1) is 12.2 Å². The molecule has 1 heterocycles. The highest BCUT2D eigenvalue weighted by atomic mass is 16.6. The molecule has 1 fully saturated rings. The summed E-state index contributed by atoms with van der Waals surface area (Å²) in [6.45, 7) is 3.50. The largest absolute Gasteiger partial charge is 0.394 e. The number of hydrogen-bond acceptors (Lipinski definition) is 4. The molecule has 0 aromatic heterocycles. The monoisotopic (exact) mass is 190 g/mol. The van der Waals surface area contributed by atoms with Gasteiger partial charge in [0, 0.05) is 0 Å². The van der Waals surface area contributed by atoms with Crippen molar-refractivity contribution in [2.75, 3.05) is 6.61 Å². The molecule has 0 radical (unpaired) electrons. The fourth-order valence-electron chi connectivity index (χ4n) is 1.90. The van der Waals surface area contributed by atoms with Crippen LogP contribution in [0.3, 0.4) is 0 Å². The van der Waals surface area contributed by atoms with Crippen LogP contribution < -0.4 is 0 Å². The first-order chi connectivity index (χ1) is 6.05. The van der Waals surface area contributed by atoms with Gasteiger partial charge in [-0.3, -0.25) is 0 Å². The molecule has 0 spiro atoms. The molecule has 4 atom stereocenters. The Hall–Kier alpha value is -0.160. The standard InChI is InChI=1S/C9H18O4/c1-3-4-9(2)8(12)7(11)6(5-10)13-9/h6-8,10-12H,3-5H2,1-2H3/t6-,7?,8?,9-/m1/s1. The lowest BCUT2D eigenvalue weighted by Gasteiger charge is -2.26. The molecule has 0 aromatic rings. The van der Waals surface area contributed by atoms with Gasteiger partial charge in [0.2, 0.25) is 0 Å². The molecule has 0 aliphatic carbocycles. The molecule has 1 rings (SSSR count). The van der Waals surface area contributed by atoms with Gasteiger partial charge < -0.3 is 20.1 Å². The van der Waals surface area contributed by atoms with E-state index in [4.69, 9.17) is 9.84 Å². The molecule has 2 unspecified atom stereocenters. The van der Waals surface area contributed by atoms with Crippen molar-refractivity contribution in [3.05, 3.63) is 0 Å². The zero-order valence-corrected chi connectivity index (χ0v) is 8.10. The number of ether oxygens (including phenoxy) is 1. The molecule has 4 heteroatoms. The third kappa shape index (κ3) is 1.86. The molecule has 3 N–H and O–H groups in total. The first kappa shape index (κ1) is 10.9. The van der Waals surface area contributed by atoms with E-state index < -0.39 is 23.9 Å². The fourth-order valence-corrected chi connectivity index (χ4v) is 1.90. The predicted molar refractivity (Wildman–Crippen MR) is 47.3 cm³/mol. The molecular weight excluding hydrogens is 172 g/mol. The summed E-state index contributed by atoms with van der Waals surface area (Å²) in [5, 5.41) is 28.0. The summed E-state index contributed by atoms with van der Waals surface area (Å²) >= 11 is 0. The van der Waals surface area contributed by atoms with Gasteiger partial charge >= 0.3 is 0 Å². The van der Waals surface area contributed by atoms with Crippen molar-refractivity contribution in [3.8, 4) is 0 Å². The van der Waals surface area contributed by atoms with Gasteiger partial charge in [0.25, 0.3) is 0 Å². The number of aliphatic hydroxyl groups is 3. The van der Waals surface area contributed by atoms with Crippen LogP contribution in [-0.4, -0.2) is 45.8 Å². The van der Waals surface area contributed by atoms with Crippen molar-refractivity contribution >= 4 is 0 Å². The minimum atomic E-state index is -0.971. The highest BCUT2D eigenvalue weighted by Crippen LogP contribution is 2.34. The average molecular weight is 190 g/mol. The lowest BCUT2D eigenvalue weighted by molar-refractivity contribution is -0.0854. The zero-order chi connectivity index (χ0) is 10.1. The minimum absolute atomic E-state index is 0.252. The van der Waals surface area contributed by atoms with E-state index >= 15 is 0 Å². The van der Waals surface area contributed by atoms with E-state index in [0.717, 1.165) is 6.42 Å². The number of hydrogen-bond donors (Lipinski definition) is 3. The van der Waals surface area contributed by atoms with Crippen LogP contribution in [0.2, 0.25) is 0 Å². The van der Waals surface area contributed by atoms with Gasteiger partial charge in [-0.25, -0.2) is 0 Å². The quantitative estimate of drug-likeness (QED) is 0.569. The smallest absolute Gasteiger partial charge is 0.111 e. The summed E-state index contributed by atoms with van der Waals surface area (Å²) in [5.41, 5.74) is -0.707. The van der Waals surface area contributed by atoms with Gasteiger partial charge in [-0.1, -0.05) is 13.3 Å². The van der Waals surface area contributed by atoms with Crippen LogP contribution in [0.4, 0.5) is 0 Å². The van der Waals surface area contributed by atoms with E-state index in [0.29, 0.717) is 6.42 Å². The Morgan fingerprint density at radius 3 is 2.38 bits per heavy atom. The Morgan fingerprint density at radius 2 is 2.00 bits per heavy atom. The second kappa shape index (κ2) is 3.92. The summed E-state index contributed by atoms with van der Waals surface area (Å²) in [4.78, 5) is 0. The van der Waals surface area contributed by atoms with Crippen LogP contribution in [0.25, 0.3) is 0 Å². The minimum Gasteiger partial charge on any atom is -0.394 e. The first-order valence-electron chi connectivity index (χ1n) is 4.70. The van der Waals surface area contributed by atoms with Crippen LogP contribution in [0, 0.1) is 0 Å². The molecule has 0 amide bonds. The molecule has 0 bridgehead atoms. The lowest BCUT2D eigenvalue weighted by Crippen LogP contribution is -2.40. The van der Waals surface area contributed by atoms with Crippen LogP contribution in [0.5, 0.6) is 0 Å². The second-order valence-corrected chi connectivity index (χ2v) is 3.84. The van der Waals surface area contributed by atoms with Crippen LogP contribution in [0.1, 0.15) is 26.7 Å². The molecule has 0 aromatic carbocycles. The Bertz CT molecular complexity index is 173. The number of aliphatic hydroxyl groups excluding tert-OH is 3. The molecule has 1 aliphatic rings. The Labute approximate surface area is 78.1 Å². The maximum absolute atomic E-state index is 9.66. The van der Waals surface area contributed by atoms with Crippen molar-refractivity contribution in [2.24, 2.45) is 0 Å². The summed E-state index contributed by atoms with van der Waals surface area (Å²) in [6, 6.07) is 0. The van der Waals surface area contributed by atoms with E-state index in [1.165, 1.54) is 0 Å². The molecular formula is C9H18O4. The van der Waals surface area contributed by atoms with E-state index in [-0.39, 0.29) is 6.61 Å². The Kier molecular flexibility index (Phi) is 3.29. The number of rotatable bonds is 3. The molecule has 1 saturated heterocycles. The lowest BCUT2D eigenvalue weighted by atomic mass is 9.92. The average Bonchev–Trinajstić information content (AvgIpc) is 2.31. The van der Waals surface area contributed by atoms with Crippen LogP contribution in [-0.2, 0) is 4.74 Å². The van der Waals surface area contributed by atoms with Gasteiger partial charge in [0.1, 0.15) is 18.3 Å². The van der Waals surface area contributed by atoms with E-state index in [9.17, 15) is 10.2 Å². The summed E-state index contributed by atoms with van der Waals surface area (Å²) in [6.07, 6.45) is -0.960. The maximum Gasteiger partial charge on any atom is 0.111 e. The SMILES string of the molecule is CCC[C@@]1(C)O[C@H](CO)C(O)C1O. The predicted octanol–water partition coefficient (Wildman–Crippen LogP) is -0.342. The van der Waals surface area contributed by atoms with Gasteiger partial charge in [0.15, 0.2) is 0 Å². The van der Waals surface area contributed by atoms with E-state index in [1.54, 1.807) is 6.92 Å². The molecule has 78 valence electrons. The van der Waals surface area contributed by atoms with Crippen molar-refractivity contribution in [2.45, 2.75) is 50.6 Å². The fraction of sp³-hybridized carbons (Fsp3) is 1.00. The third-order valence-corrected chi connectivity index (χ3v) is 2.68. The maximum atomic E-state index is 9.66. The van der Waals surface area contributed by atoms with Crippen molar-refractivity contribution in [1.29, 1.82) is 0 Å². The molecule has 0 saturated carbocycles. The van der Waals surface area contributed by atoms with Crippen molar-refractivity contribution < 1.29 is 20.1 Å². The summed E-state index contributed by atoms with van der Waals surface area (Å²) < 4.78 is 5.41. The molecule has 13 heavy (non-hydrogen) atoms. The van der Waals surface area contributed by atoms with Crippen LogP contribution in [0.15, 0.2) is 0 Å². The van der Waals surface area contributed by atoms with E-state index in [2.05, 4.69) is 0 Å². The normalized spacial score (nSPS) is 45.5. The zero-order valence-electron chi connectivity index (χ0n) is 8.10. The van der Waals surface area contributed by atoms with Gasteiger partial charge in [-0.15, -0.1) is 0 Å². The Balaban J connectivity index is 2.69. The third-order valence-electron chi connectivity index (χ3n) is 2.68. The van der Waals surface area contributed by atoms with Gasteiger partial charge in [-0.2, -0.15) is 0 Å². The highest BCUT2D eigenvalue weighted by molar-refractivity contribution is 4.98. The van der Waals surface area contributed by atoms with Crippen LogP contribution >= 0.6 is 0 Å². The second-order valence-electron chi connectivity index (χ2n) is 3.84. The topological polar surface area (TPSA) is 69.9 Å². The summed E-state index contributed by atoms with van der Waals surface area (Å²) in [7, 11) is 0. The van der Waals surface area contributed by atoms with Crippen molar-refractivity contribution in [1.82, 2.24) is 0 Å². The molecule has 4 nitrogen and oxygen atoms in total. The van der Waals surface area contributed by atoms with Crippen molar-refractivity contribution in [3.63, 3.8) is 0 Å². The highest BCUT2D eigenvalue weighted by Gasteiger charge is 2.49. The van der Waals surface area contributed by atoms with E-state index in [1.807, 2.05) is 6.92 Å². The molecule has 1 aliphatic heterocycles. The first-order valence-corrected chi connectivity index (χ1v) is 4.70. The Morgan fingerprint density at radius 1 is 1.38 bits per heavy atom.